The van der Waals surface area contributed by atoms with Gasteiger partial charge in [0.2, 0.25) is 4.77 Å². The Morgan fingerprint density at radius 3 is 2.64 bits per heavy atom. The minimum atomic E-state index is -4.67. The van der Waals surface area contributed by atoms with Crippen molar-refractivity contribution in [1.82, 2.24) is 14.9 Å². The second-order valence-electron chi connectivity index (χ2n) is 4.01. The number of H-pyrrole nitrogens is 1. The van der Waals surface area contributed by atoms with E-state index in [4.69, 9.17) is 21.7 Å². The molecule has 0 unspecified atom stereocenters. The third-order valence-corrected chi connectivity index (χ3v) is 2.92. The average Bonchev–Trinajstić information content (AvgIpc) is 2.86. The molecule has 1 N–H and O–H groups in total. The summed E-state index contributed by atoms with van der Waals surface area (Å²) >= 11 is 4.74. The van der Waals surface area contributed by atoms with Gasteiger partial charge in [-0.25, -0.2) is 5.10 Å². The molecule has 22 heavy (non-hydrogen) atoms. The molecule has 1 aromatic heterocycles. The van der Waals surface area contributed by atoms with E-state index in [0.29, 0.717) is 21.7 Å². The van der Waals surface area contributed by atoms with E-state index in [0.717, 1.165) is 0 Å². The Morgan fingerprint density at radius 2 is 2.05 bits per heavy atom. The van der Waals surface area contributed by atoms with Crippen LogP contribution < -0.4 is 9.47 Å². The minimum absolute atomic E-state index is 0.268. The Hall–Kier alpha value is -2.36. The first-order valence-corrected chi connectivity index (χ1v) is 6.28. The van der Waals surface area contributed by atoms with Gasteiger partial charge in [-0.05, 0) is 24.4 Å². The maximum Gasteiger partial charge on any atom is 0.453 e. The van der Waals surface area contributed by atoms with Gasteiger partial charge in [0.05, 0.1) is 20.4 Å². The Labute approximate surface area is 128 Å². The molecule has 2 aromatic rings. The highest BCUT2D eigenvalue weighted by molar-refractivity contribution is 7.71. The number of benzene rings is 1. The monoisotopic (exact) mass is 332 g/mol. The molecule has 0 aliphatic carbocycles. The minimum Gasteiger partial charge on any atom is -0.497 e. The topological polar surface area (TPSA) is 64.4 Å². The van der Waals surface area contributed by atoms with Gasteiger partial charge in [-0.3, -0.25) is 0 Å². The van der Waals surface area contributed by atoms with Crippen LogP contribution in [-0.4, -0.2) is 35.3 Å². The quantitative estimate of drug-likeness (QED) is 0.691. The van der Waals surface area contributed by atoms with Crippen LogP contribution in [0, 0.1) is 4.77 Å². The highest BCUT2D eigenvalue weighted by atomic mass is 32.1. The molecular weight excluding hydrogens is 321 g/mol. The molecule has 0 fully saturated rings. The van der Waals surface area contributed by atoms with E-state index in [1.165, 1.54) is 20.4 Å². The largest absolute Gasteiger partial charge is 0.497 e. The first-order valence-electron chi connectivity index (χ1n) is 5.88. The van der Waals surface area contributed by atoms with Crippen LogP contribution in [0.3, 0.4) is 0 Å². The van der Waals surface area contributed by atoms with Crippen LogP contribution >= 0.6 is 12.2 Å². The average molecular weight is 332 g/mol. The predicted molar refractivity (Wildman–Crippen MR) is 75.0 cm³/mol. The van der Waals surface area contributed by atoms with E-state index in [2.05, 4.69) is 15.3 Å². The van der Waals surface area contributed by atoms with Gasteiger partial charge in [-0.2, -0.15) is 22.9 Å². The molecule has 0 saturated carbocycles. The molecule has 1 heterocycles. The normalized spacial score (nSPS) is 11.9. The van der Waals surface area contributed by atoms with Gasteiger partial charge in [-0.15, -0.1) is 5.10 Å². The van der Waals surface area contributed by atoms with Crippen molar-refractivity contribution in [3.05, 3.63) is 34.4 Å². The van der Waals surface area contributed by atoms with Crippen molar-refractivity contribution in [2.45, 2.75) is 6.18 Å². The summed E-state index contributed by atoms with van der Waals surface area (Å²) in [5, 5.41) is 8.90. The van der Waals surface area contributed by atoms with Crippen molar-refractivity contribution in [3.63, 3.8) is 0 Å². The van der Waals surface area contributed by atoms with Crippen molar-refractivity contribution in [3.8, 4) is 11.5 Å². The number of aromatic amines is 1. The van der Waals surface area contributed by atoms with Gasteiger partial charge in [0, 0.05) is 11.6 Å². The van der Waals surface area contributed by atoms with Gasteiger partial charge in [-0.1, -0.05) is 0 Å². The summed E-state index contributed by atoms with van der Waals surface area (Å²) in [7, 11) is 2.92. The molecule has 0 bridgehead atoms. The van der Waals surface area contributed by atoms with Crippen molar-refractivity contribution in [2.75, 3.05) is 14.2 Å². The molecule has 118 valence electrons. The summed E-state index contributed by atoms with van der Waals surface area (Å²) < 4.78 is 48.7. The second-order valence-corrected chi connectivity index (χ2v) is 4.40. The van der Waals surface area contributed by atoms with Crippen LogP contribution in [0.25, 0.3) is 0 Å². The number of hydrogen-bond donors (Lipinski definition) is 1. The van der Waals surface area contributed by atoms with E-state index in [-0.39, 0.29) is 4.77 Å². The number of nitrogens with zero attached hydrogens (tertiary/aromatic N) is 3. The summed E-state index contributed by atoms with van der Waals surface area (Å²) in [5.74, 6) is -0.294. The van der Waals surface area contributed by atoms with Gasteiger partial charge >= 0.3 is 6.18 Å². The first kappa shape index (κ1) is 16.0. The van der Waals surface area contributed by atoms with Crippen LogP contribution in [0.5, 0.6) is 11.5 Å². The Balaban J connectivity index is 2.42. The molecule has 0 aliphatic rings. The number of ether oxygens (including phenoxy) is 2. The van der Waals surface area contributed by atoms with Crippen molar-refractivity contribution in [2.24, 2.45) is 5.10 Å². The molecule has 0 radical (unpaired) electrons. The standard InChI is InChI=1S/C12H11F3N4O2S/c1-20-8-4-3-7(9(5-8)21-2)6-16-19-10(12(13,14)15)17-18-11(19)22/h3-6H,1-2H3,(H,18,22)/b16-6+. The zero-order valence-corrected chi connectivity index (χ0v) is 12.3. The third-order valence-electron chi connectivity index (χ3n) is 2.66. The van der Waals surface area contributed by atoms with E-state index in [9.17, 15) is 13.2 Å². The molecule has 10 heteroatoms. The fraction of sp³-hybridized carbons (Fsp3) is 0.250. The number of alkyl halides is 3. The first-order chi connectivity index (χ1) is 10.4. The number of nitrogens with one attached hydrogen (secondary N) is 1. The number of methoxy groups -OCH3 is 2. The number of rotatable bonds is 4. The van der Waals surface area contributed by atoms with E-state index >= 15 is 0 Å². The molecule has 1 aromatic carbocycles. The molecule has 2 rings (SSSR count). The van der Waals surface area contributed by atoms with Crippen molar-refractivity contribution in [1.29, 1.82) is 0 Å². The smallest absolute Gasteiger partial charge is 0.453 e. The molecule has 0 aliphatic heterocycles. The van der Waals surface area contributed by atoms with Crippen molar-refractivity contribution < 1.29 is 22.6 Å². The van der Waals surface area contributed by atoms with Crippen LogP contribution in [-0.2, 0) is 6.18 Å². The summed E-state index contributed by atoms with van der Waals surface area (Å²) in [4.78, 5) is 0. The highest BCUT2D eigenvalue weighted by Gasteiger charge is 2.37. The maximum atomic E-state index is 12.8. The van der Waals surface area contributed by atoms with Gasteiger partial charge < -0.3 is 9.47 Å². The number of hydrogen-bond acceptors (Lipinski definition) is 5. The lowest BCUT2D eigenvalue weighted by Gasteiger charge is -2.07. The lowest BCUT2D eigenvalue weighted by Crippen LogP contribution is -2.12. The van der Waals surface area contributed by atoms with E-state index in [1.807, 2.05) is 0 Å². The van der Waals surface area contributed by atoms with Gasteiger partial charge in [0.1, 0.15) is 11.5 Å². The molecule has 0 atom stereocenters. The fourth-order valence-corrected chi connectivity index (χ4v) is 1.81. The maximum absolute atomic E-state index is 12.8. The summed E-state index contributed by atoms with van der Waals surface area (Å²) in [5.41, 5.74) is 0.458. The van der Waals surface area contributed by atoms with E-state index in [1.54, 1.807) is 18.2 Å². The van der Waals surface area contributed by atoms with Crippen LogP contribution in [0.1, 0.15) is 11.4 Å². The van der Waals surface area contributed by atoms with E-state index < -0.39 is 12.0 Å². The van der Waals surface area contributed by atoms with Crippen LogP contribution in [0.2, 0.25) is 0 Å². The summed E-state index contributed by atoms with van der Waals surface area (Å²) in [6, 6.07) is 4.81. The second kappa shape index (κ2) is 6.18. The lowest BCUT2D eigenvalue weighted by atomic mass is 10.2. The predicted octanol–water partition coefficient (Wildman–Crippen LogP) is 2.86. The molecule has 0 spiro atoms. The Kier molecular flexibility index (Phi) is 4.50. The zero-order chi connectivity index (χ0) is 16.3. The lowest BCUT2D eigenvalue weighted by molar-refractivity contribution is -0.147. The van der Waals surface area contributed by atoms with Gasteiger partial charge in [0.25, 0.3) is 5.82 Å². The van der Waals surface area contributed by atoms with Crippen LogP contribution in [0.15, 0.2) is 23.3 Å². The van der Waals surface area contributed by atoms with Crippen molar-refractivity contribution >= 4 is 18.4 Å². The molecule has 6 nitrogen and oxygen atoms in total. The Bertz CT molecular complexity index is 752. The summed E-state index contributed by atoms with van der Waals surface area (Å²) in [6.45, 7) is 0. The molecule has 0 saturated heterocycles. The number of halogens is 3. The SMILES string of the molecule is COc1ccc(/C=N/n2c(C(F)(F)F)n[nH]c2=S)c(OC)c1. The third kappa shape index (κ3) is 3.27. The van der Waals surface area contributed by atoms with Crippen LogP contribution in [0.4, 0.5) is 13.2 Å². The Morgan fingerprint density at radius 1 is 1.32 bits per heavy atom. The van der Waals surface area contributed by atoms with Gasteiger partial charge in [0.15, 0.2) is 0 Å². The molecular formula is C12H11F3N4O2S. The molecule has 0 amide bonds. The summed E-state index contributed by atoms with van der Waals surface area (Å²) in [6.07, 6.45) is -3.48. The fourth-order valence-electron chi connectivity index (χ4n) is 1.63. The highest BCUT2D eigenvalue weighted by Crippen LogP contribution is 2.28. The number of aromatic nitrogens is 3. The zero-order valence-electron chi connectivity index (χ0n) is 11.5.